The summed E-state index contributed by atoms with van der Waals surface area (Å²) in [4.78, 5) is 29.2. The summed E-state index contributed by atoms with van der Waals surface area (Å²) in [6.07, 6.45) is 3.60. The van der Waals surface area contributed by atoms with Gasteiger partial charge in [-0.2, -0.15) is 16.5 Å². The molecule has 2 fully saturated rings. The minimum Gasteiger partial charge on any atom is -0.368 e. The van der Waals surface area contributed by atoms with Crippen molar-refractivity contribution in [3.63, 3.8) is 0 Å². The van der Waals surface area contributed by atoms with Crippen molar-refractivity contribution in [2.45, 2.75) is 43.2 Å². The molecule has 2 atom stereocenters. The molecule has 2 aliphatic rings. The Bertz CT molecular complexity index is 862. The number of sulfonamides is 1. The van der Waals surface area contributed by atoms with Crippen molar-refractivity contribution in [1.29, 1.82) is 0 Å². The average molecular weight is 470 g/mol. The SMILES string of the molecule is CSCCC(NS(=O)(=O)c1ccc(C)cc1)C(=O)N1CCN(C(=O)C2CCCO2)CC1. The van der Waals surface area contributed by atoms with Crippen molar-refractivity contribution < 1.29 is 22.7 Å². The van der Waals surface area contributed by atoms with Gasteiger partial charge in [-0.15, -0.1) is 0 Å². The van der Waals surface area contributed by atoms with Crippen LogP contribution < -0.4 is 4.72 Å². The summed E-state index contributed by atoms with van der Waals surface area (Å²) in [7, 11) is -3.81. The number of carbonyl (C=O) groups is 2. The van der Waals surface area contributed by atoms with Crippen LogP contribution in [-0.2, 0) is 24.3 Å². The lowest BCUT2D eigenvalue weighted by atomic mass is 10.1. The summed E-state index contributed by atoms with van der Waals surface area (Å²) in [5.74, 6) is 0.405. The summed E-state index contributed by atoms with van der Waals surface area (Å²) < 4.78 is 33.8. The first-order valence-electron chi connectivity index (χ1n) is 10.6. The zero-order valence-electron chi connectivity index (χ0n) is 18.1. The molecule has 1 N–H and O–H groups in total. The van der Waals surface area contributed by atoms with E-state index >= 15 is 0 Å². The zero-order valence-corrected chi connectivity index (χ0v) is 19.7. The van der Waals surface area contributed by atoms with Gasteiger partial charge in [0.15, 0.2) is 0 Å². The third-order valence-corrected chi connectivity index (χ3v) is 7.78. The molecule has 0 spiro atoms. The Kier molecular flexibility index (Phi) is 8.37. The Labute approximate surface area is 188 Å². The van der Waals surface area contributed by atoms with E-state index in [2.05, 4.69) is 4.72 Å². The summed E-state index contributed by atoms with van der Waals surface area (Å²) in [6, 6.07) is 5.72. The highest BCUT2D eigenvalue weighted by Gasteiger charge is 2.34. The summed E-state index contributed by atoms with van der Waals surface area (Å²) in [5.41, 5.74) is 0.962. The molecule has 172 valence electrons. The molecule has 0 radical (unpaired) electrons. The van der Waals surface area contributed by atoms with E-state index in [1.165, 1.54) is 0 Å². The number of nitrogens with zero attached hydrogens (tertiary/aromatic N) is 2. The normalized spacial score (nSPS) is 20.6. The third kappa shape index (κ3) is 6.21. The second-order valence-corrected chi connectivity index (χ2v) is 10.6. The van der Waals surface area contributed by atoms with Crippen LogP contribution in [0.5, 0.6) is 0 Å². The predicted molar refractivity (Wildman–Crippen MR) is 120 cm³/mol. The van der Waals surface area contributed by atoms with Gasteiger partial charge in [-0.1, -0.05) is 17.7 Å². The smallest absolute Gasteiger partial charge is 0.251 e. The van der Waals surface area contributed by atoms with E-state index in [1.807, 2.05) is 13.2 Å². The van der Waals surface area contributed by atoms with Gasteiger partial charge in [-0.05, 0) is 50.3 Å². The van der Waals surface area contributed by atoms with Crippen molar-refractivity contribution >= 4 is 33.6 Å². The highest BCUT2D eigenvalue weighted by Crippen LogP contribution is 2.17. The highest BCUT2D eigenvalue weighted by atomic mass is 32.2. The molecule has 10 heteroatoms. The Morgan fingerprint density at radius 1 is 1.16 bits per heavy atom. The molecule has 2 heterocycles. The van der Waals surface area contributed by atoms with E-state index in [-0.39, 0.29) is 22.8 Å². The first-order chi connectivity index (χ1) is 14.8. The molecule has 2 aliphatic heterocycles. The summed E-state index contributed by atoms with van der Waals surface area (Å²) in [5, 5.41) is 0. The molecule has 0 aromatic heterocycles. The molecule has 8 nitrogen and oxygen atoms in total. The number of rotatable bonds is 8. The van der Waals surface area contributed by atoms with Gasteiger partial charge in [0, 0.05) is 32.8 Å². The lowest BCUT2D eigenvalue weighted by Crippen LogP contribution is -2.57. The van der Waals surface area contributed by atoms with Crippen LogP contribution in [0.2, 0.25) is 0 Å². The fraction of sp³-hybridized carbons (Fsp3) is 0.619. The van der Waals surface area contributed by atoms with Crippen molar-refractivity contribution in [2.75, 3.05) is 44.8 Å². The quantitative estimate of drug-likeness (QED) is 0.616. The number of ether oxygens (including phenoxy) is 1. The number of benzene rings is 1. The van der Waals surface area contributed by atoms with Crippen LogP contribution in [0.15, 0.2) is 29.2 Å². The number of nitrogens with one attached hydrogen (secondary N) is 1. The van der Waals surface area contributed by atoms with Gasteiger partial charge in [-0.25, -0.2) is 8.42 Å². The van der Waals surface area contributed by atoms with Gasteiger partial charge in [0.2, 0.25) is 15.9 Å². The van der Waals surface area contributed by atoms with Crippen LogP contribution in [0, 0.1) is 6.92 Å². The molecule has 0 aliphatic carbocycles. The first kappa shape index (κ1) is 24.0. The summed E-state index contributed by atoms with van der Waals surface area (Å²) in [6.45, 7) is 4.15. The lowest BCUT2D eigenvalue weighted by Gasteiger charge is -2.37. The van der Waals surface area contributed by atoms with Crippen LogP contribution >= 0.6 is 11.8 Å². The van der Waals surface area contributed by atoms with Crippen LogP contribution in [0.25, 0.3) is 0 Å². The first-order valence-corrected chi connectivity index (χ1v) is 13.5. The number of piperazine rings is 1. The second-order valence-electron chi connectivity index (χ2n) is 7.92. The molecular weight excluding hydrogens is 438 g/mol. The largest absolute Gasteiger partial charge is 0.368 e. The minimum atomic E-state index is -3.81. The van der Waals surface area contributed by atoms with Gasteiger partial charge in [-0.3, -0.25) is 9.59 Å². The van der Waals surface area contributed by atoms with E-state index < -0.39 is 16.1 Å². The maximum absolute atomic E-state index is 13.2. The Hall–Kier alpha value is -1.62. The fourth-order valence-electron chi connectivity index (χ4n) is 3.78. The Balaban J connectivity index is 1.63. The molecule has 0 bridgehead atoms. The molecule has 2 saturated heterocycles. The van der Waals surface area contributed by atoms with Crippen LogP contribution in [-0.4, -0.2) is 87.0 Å². The molecule has 2 amide bonds. The topological polar surface area (TPSA) is 96.0 Å². The third-order valence-electron chi connectivity index (χ3n) is 5.65. The molecule has 31 heavy (non-hydrogen) atoms. The Morgan fingerprint density at radius 3 is 2.39 bits per heavy atom. The fourth-order valence-corrected chi connectivity index (χ4v) is 5.48. The van der Waals surface area contributed by atoms with Gasteiger partial charge < -0.3 is 14.5 Å². The Morgan fingerprint density at radius 2 is 1.81 bits per heavy atom. The van der Waals surface area contributed by atoms with E-state index in [0.717, 1.165) is 18.4 Å². The van der Waals surface area contributed by atoms with E-state index in [9.17, 15) is 18.0 Å². The number of hydrogen-bond donors (Lipinski definition) is 1. The predicted octanol–water partition coefficient (Wildman–Crippen LogP) is 1.24. The number of carbonyl (C=O) groups excluding carboxylic acids is 2. The molecule has 2 unspecified atom stereocenters. The second kappa shape index (κ2) is 10.8. The molecule has 1 aromatic rings. The number of aryl methyl sites for hydroxylation is 1. The maximum atomic E-state index is 13.2. The standard InChI is InChI=1S/C21H31N3O5S2/c1-16-5-7-17(8-6-16)31(27,28)22-18(9-15-30-2)20(25)23-10-12-24(13-11-23)21(26)19-4-3-14-29-19/h5-8,18-19,22H,3-4,9-15H2,1-2H3. The molecule has 0 saturated carbocycles. The van der Waals surface area contributed by atoms with Crippen molar-refractivity contribution in [1.82, 2.24) is 14.5 Å². The maximum Gasteiger partial charge on any atom is 0.251 e. The van der Waals surface area contributed by atoms with Crippen LogP contribution in [0.3, 0.4) is 0 Å². The highest BCUT2D eigenvalue weighted by molar-refractivity contribution is 7.98. The number of hydrogen-bond acceptors (Lipinski definition) is 6. The van der Waals surface area contributed by atoms with Crippen LogP contribution in [0.1, 0.15) is 24.8 Å². The van der Waals surface area contributed by atoms with Crippen molar-refractivity contribution in [3.8, 4) is 0 Å². The summed E-state index contributed by atoms with van der Waals surface area (Å²) >= 11 is 1.56. The van der Waals surface area contributed by atoms with Crippen molar-refractivity contribution in [2.24, 2.45) is 0 Å². The van der Waals surface area contributed by atoms with Crippen molar-refractivity contribution in [3.05, 3.63) is 29.8 Å². The van der Waals surface area contributed by atoms with E-state index in [4.69, 9.17) is 4.74 Å². The molecular formula is C21H31N3O5S2. The van der Waals surface area contributed by atoms with Gasteiger partial charge in [0.1, 0.15) is 12.1 Å². The zero-order chi connectivity index (χ0) is 22.4. The van der Waals surface area contributed by atoms with Crippen LogP contribution in [0.4, 0.5) is 0 Å². The monoisotopic (exact) mass is 469 g/mol. The van der Waals surface area contributed by atoms with Gasteiger partial charge in [0.05, 0.1) is 4.90 Å². The average Bonchev–Trinajstić information content (AvgIpc) is 3.31. The van der Waals surface area contributed by atoms with E-state index in [0.29, 0.717) is 45.0 Å². The number of amides is 2. The lowest BCUT2D eigenvalue weighted by molar-refractivity contribution is -0.146. The van der Waals surface area contributed by atoms with Gasteiger partial charge >= 0.3 is 0 Å². The molecule has 3 rings (SSSR count). The van der Waals surface area contributed by atoms with Gasteiger partial charge in [0.25, 0.3) is 5.91 Å². The molecule has 1 aromatic carbocycles. The number of thioether (sulfide) groups is 1. The van der Waals surface area contributed by atoms with E-state index in [1.54, 1.807) is 45.8 Å². The minimum absolute atomic E-state index is 0.0106.